The molecule has 0 bridgehead atoms. The van der Waals surface area contributed by atoms with E-state index in [9.17, 15) is 4.79 Å². The van der Waals surface area contributed by atoms with Crippen molar-refractivity contribution in [1.82, 2.24) is 10.2 Å². The van der Waals surface area contributed by atoms with Crippen molar-refractivity contribution in [3.63, 3.8) is 0 Å². The molecule has 0 heterocycles. The van der Waals surface area contributed by atoms with Crippen LogP contribution in [0.25, 0.3) is 0 Å². The number of rotatable bonds is 7. The maximum atomic E-state index is 11.6. The van der Waals surface area contributed by atoms with E-state index >= 15 is 0 Å². The summed E-state index contributed by atoms with van der Waals surface area (Å²) in [6.07, 6.45) is 0. The number of nitrogens with one attached hydrogen (secondary N) is 1. The average molecular weight is 265 g/mol. The first-order valence-corrected chi connectivity index (χ1v) is 6.38. The highest BCUT2D eigenvalue weighted by molar-refractivity contribution is 5.77. The molecule has 1 aromatic rings. The third kappa shape index (κ3) is 5.72. The normalized spacial score (nSPS) is 12.3. The average Bonchev–Trinajstić information content (AvgIpc) is 2.42. The minimum Gasteiger partial charge on any atom is -0.484 e. The van der Waals surface area contributed by atoms with Gasteiger partial charge in [0.2, 0.25) is 0 Å². The fraction of sp³-hybridized carbons (Fsp3) is 0.500. The molecule has 5 nitrogen and oxygen atoms in total. The second kappa shape index (κ2) is 7.76. The molecule has 5 heteroatoms. The summed E-state index contributed by atoms with van der Waals surface area (Å²) in [5.41, 5.74) is 6.54. The maximum Gasteiger partial charge on any atom is 0.257 e. The third-order valence-corrected chi connectivity index (χ3v) is 3.01. The van der Waals surface area contributed by atoms with Crippen LogP contribution in [0, 0.1) is 0 Å². The zero-order chi connectivity index (χ0) is 14.3. The number of nitrogens with zero attached hydrogens (tertiary/aromatic N) is 1. The summed E-state index contributed by atoms with van der Waals surface area (Å²) < 4.78 is 5.39. The second-order valence-electron chi connectivity index (χ2n) is 4.75. The molecule has 0 aromatic heterocycles. The monoisotopic (exact) mass is 265 g/mol. The topological polar surface area (TPSA) is 67.6 Å². The van der Waals surface area contributed by atoms with Gasteiger partial charge in [-0.15, -0.1) is 0 Å². The lowest BCUT2D eigenvalue weighted by atomic mass is 10.2. The van der Waals surface area contributed by atoms with Crippen LogP contribution in [-0.2, 0) is 11.3 Å². The largest absolute Gasteiger partial charge is 0.484 e. The van der Waals surface area contributed by atoms with Gasteiger partial charge in [0.25, 0.3) is 5.91 Å². The van der Waals surface area contributed by atoms with Crippen LogP contribution >= 0.6 is 0 Å². The Bertz CT molecular complexity index is 390. The van der Waals surface area contributed by atoms with E-state index in [1.54, 1.807) is 0 Å². The zero-order valence-electron chi connectivity index (χ0n) is 11.8. The number of nitrogens with two attached hydrogens (primary N) is 1. The van der Waals surface area contributed by atoms with E-state index in [4.69, 9.17) is 10.5 Å². The molecule has 1 atom stereocenters. The maximum absolute atomic E-state index is 11.6. The highest BCUT2D eigenvalue weighted by atomic mass is 16.5. The van der Waals surface area contributed by atoms with Crippen LogP contribution in [-0.4, -0.2) is 44.1 Å². The smallest absolute Gasteiger partial charge is 0.257 e. The van der Waals surface area contributed by atoms with Gasteiger partial charge in [-0.05, 0) is 38.7 Å². The van der Waals surface area contributed by atoms with Crippen LogP contribution in [0.2, 0.25) is 0 Å². The molecule has 0 saturated carbocycles. The first kappa shape index (κ1) is 15.5. The Morgan fingerprint density at radius 1 is 1.37 bits per heavy atom. The minimum atomic E-state index is -0.114. The van der Waals surface area contributed by atoms with Gasteiger partial charge >= 0.3 is 0 Å². The molecule has 106 valence electrons. The SMILES string of the molecule is CC(CNC(=O)COc1ccc(CN)cc1)N(C)C. The number of likely N-dealkylation sites (N-methyl/N-ethyl adjacent to an activating group) is 1. The number of amides is 1. The predicted molar refractivity (Wildman–Crippen MR) is 76.0 cm³/mol. The van der Waals surface area contributed by atoms with Gasteiger partial charge in [0.1, 0.15) is 5.75 Å². The molecule has 1 rings (SSSR count). The Hall–Kier alpha value is -1.59. The van der Waals surface area contributed by atoms with E-state index in [-0.39, 0.29) is 12.5 Å². The van der Waals surface area contributed by atoms with Crippen molar-refractivity contribution in [3.05, 3.63) is 29.8 Å². The number of carbonyl (C=O) groups excluding carboxylic acids is 1. The molecule has 0 spiro atoms. The van der Waals surface area contributed by atoms with Gasteiger partial charge in [0.15, 0.2) is 6.61 Å². The van der Waals surface area contributed by atoms with Crippen LogP contribution in [0.4, 0.5) is 0 Å². The summed E-state index contributed by atoms with van der Waals surface area (Å²) in [5.74, 6) is 0.560. The molecule has 3 N–H and O–H groups in total. The second-order valence-corrected chi connectivity index (χ2v) is 4.75. The van der Waals surface area contributed by atoms with Gasteiger partial charge in [-0.2, -0.15) is 0 Å². The Morgan fingerprint density at radius 2 is 2.00 bits per heavy atom. The third-order valence-electron chi connectivity index (χ3n) is 3.01. The predicted octanol–water partition coefficient (Wildman–Crippen LogP) is 0.590. The summed E-state index contributed by atoms with van der Waals surface area (Å²) >= 11 is 0. The van der Waals surface area contributed by atoms with Gasteiger partial charge in [-0.1, -0.05) is 12.1 Å². The number of hydrogen-bond acceptors (Lipinski definition) is 4. The van der Waals surface area contributed by atoms with Crippen LogP contribution in [0.3, 0.4) is 0 Å². The molecule has 0 aliphatic heterocycles. The van der Waals surface area contributed by atoms with Crippen LogP contribution in [0.15, 0.2) is 24.3 Å². The Balaban J connectivity index is 2.29. The molecule has 1 amide bonds. The molecule has 0 aliphatic carbocycles. The first-order chi connectivity index (χ1) is 9.02. The molecule has 0 saturated heterocycles. The standard InChI is InChI=1S/C14H23N3O2/c1-11(17(2)3)9-16-14(18)10-19-13-6-4-12(8-15)5-7-13/h4-7,11H,8-10,15H2,1-3H3,(H,16,18). The molecular formula is C14H23N3O2. The fourth-order valence-electron chi connectivity index (χ4n) is 1.37. The Labute approximate surface area is 114 Å². The van der Waals surface area contributed by atoms with Crippen LogP contribution in [0.1, 0.15) is 12.5 Å². The van der Waals surface area contributed by atoms with Crippen LogP contribution in [0.5, 0.6) is 5.75 Å². The van der Waals surface area contributed by atoms with Crippen molar-refractivity contribution in [2.75, 3.05) is 27.2 Å². The van der Waals surface area contributed by atoms with Gasteiger partial charge in [-0.25, -0.2) is 0 Å². The van der Waals surface area contributed by atoms with Crippen molar-refractivity contribution in [1.29, 1.82) is 0 Å². The van der Waals surface area contributed by atoms with E-state index in [0.29, 0.717) is 24.9 Å². The summed E-state index contributed by atoms with van der Waals surface area (Å²) in [4.78, 5) is 13.6. The number of hydrogen-bond donors (Lipinski definition) is 2. The summed E-state index contributed by atoms with van der Waals surface area (Å²) in [6.45, 7) is 3.19. The minimum absolute atomic E-state index is 0.0299. The molecule has 1 unspecified atom stereocenters. The molecule has 0 radical (unpaired) electrons. The fourth-order valence-corrected chi connectivity index (χ4v) is 1.37. The Kier molecular flexibility index (Phi) is 6.32. The van der Waals surface area contributed by atoms with Gasteiger partial charge in [0, 0.05) is 19.1 Å². The van der Waals surface area contributed by atoms with Crippen molar-refractivity contribution < 1.29 is 9.53 Å². The van der Waals surface area contributed by atoms with E-state index in [1.165, 1.54) is 0 Å². The summed E-state index contributed by atoms with van der Waals surface area (Å²) in [6, 6.07) is 7.71. The summed E-state index contributed by atoms with van der Waals surface area (Å²) in [5, 5.41) is 2.83. The van der Waals surface area contributed by atoms with Crippen molar-refractivity contribution in [2.45, 2.75) is 19.5 Å². The molecule has 1 aromatic carbocycles. The highest BCUT2D eigenvalue weighted by Crippen LogP contribution is 2.11. The van der Waals surface area contributed by atoms with Gasteiger partial charge < -0.3 is 20.7 Å². The lowest BCUT2D eigenvalue weighted by Gasteiger charge is -2.19. The van der Waals surface area contributed by atoms with Crippen molar-refractivity contribution in [2.24, 2.45) is 5.73 Å². The number of benzene rings is 1. The van der Waals surface area contributed by atoms with E-state index < -0.39 is 0 Å². The number of ether oxygens (including phenoxy) is 1. The van der Waals surface area contributed by atoms with E-state index in [1.807, 2.05) is 50.2 Å². The molecule has 0 aliphatic rings. The van der Waals surface area contributed by atoms with Gasteiger partial charge in [-0.3, -0.25) is 4.79 Å². The zero-order valence-corrected chi connectivity index (χ0v) is 11.8. The molecular weight excluding hydrogens is 242 g/mol. The van der Waals surface area contributed by atoms with Crippen molar-refractivity contribution in [3.8, 4) is 5.75 Å². The molecule has 0 fully saturated rings. The molecule has 19 heavy (non-hydrogen) atoms. The van der Waals surface area contributed by atoms with Crippen molar-refractivity contribution >= 4 is 5.91 Å². The van der Waals surface area contributed by atoms with E-state index in [0.717, 1.165) is 5.56 Å². The highest BCUT2D eigenvalue weighted by Gasteiger charge is 2.07. The number of carbonyl (C=O) groups is 1. The van der Waals surface area contributed by atoms with Gasteiger partial charge in [0.05, 0.1) is 0 Å². The van der Waals surface area contributed by atoms with Crippen LogP contribution < -0.4 is 15.8 Å². The summed E-state index contributed by atoms with van der Waals surface area (Å²) in [7, 11) is 3.96. The van der Waals surface area contributed by atoms with E-state index in [2.05, 4.69) is 5.32 Å². The first-order valence-electron chi connectivity index (χ1n) is 6.38. The lowest BCUT2D eigenvalue weighted by molar-refractivity contribution is -0.123. The lowest BCUT2D eigenvalue weighted by Crippen LogP contribution is -2.40. The Morgan fingerprint density at radius 3 is 2.53 bits per heavy atom. The quantitative estimate of drug-likeness (QED) is 0.757.